The number of hydrogen-bond donors (Lipinski definition) is 1. The highest BCUT2D eigenvalue weighted by Crippen LogP contribution is 2.22. The van der Waals surface area contributed by atoms with Crippen LogP contribution in [0.4, 0.5) is 11.5 Å². The number of rotatable bonds is 3. The molecule has 13 heavy (non-hydrogen) atoms. The smallest absolute Gasteiger partial charge is 0.151 e. The van der Waals surface area contributed by atoms with Gasteiger partial charge in [-0.2, -0.15) is 0 Å². The Kier molecular flexibility index (Phi) is 3.54. The average Bonchev–Trinajstić information content (AvgIpc) is 2.10. The van der Waals surface area contributed by atoms with Crippen LogP contribution in [0.2, 0.25) is 0 Å². The molecule has 0 aliphatic heterocycles. The number of halogens is 1. The molecule has 0 unspecified atom stereocenters. The zero-order valence-corrected chi connectivity index (χ0v) is 9.50. The van der Waals surface area contributed by atoms with Gasteiger partial charge in [-0.05, 0) is 35.8 Å². The Balaban J connectivity index is 2.99. The molecular formula is C9H14BrN3. The Morgan fingerprint density at radius 2 is 2.08 bits per heavy atom. The summed E-state index contributed by atoms with van der Waals surface area (Å²) in [6.45, 7) is 6.03. The molecule has 0 radical (unpaired) electrons. The largest absolute Gasteiger partial charge is 0.396 e. The maximum atomic E-state index is 5.84. The van der Waals surface area contributed by atoms with Crippen LogP contribution in [0.5, 0.6) is 0 Å². The Bertz CT molecular complexity index is 284. The minimum atomic E-state index is 0.720. The van der Waals surface area contributed by atoms with Gasteiger partial charge in [0.05, 0.1) is 5.69 Å². The molecule has 0 aromatic carbocycles. The van der Waals surface area contributed by atoms with Gasteiger partial charge < -0.3 is 10.6 Å². The van der Waals surface area contributed by atoms with Crippen molar-refractivity contribution in [3.05, 3.63) is 16.7 Å². The molecule has 1 rings (SSSR count). The van der Waals surface area contributed by atoms with Crippen molar-refractivity contribution in [1.82, 2.24) is 4.98 Å². The van der Waals surface area contributed by atoms with Crippen molar-refractivity contribution >= 4 is 27.4 Å². The van der Waals surface area contributed by atoms with Crippen molar-refractivity contribution in [3.63, 3.8) is 0 Å². The third kappa shape index (κ3) is 2.34. The van der Waals surface area contributed by atoms with Gasteiger partial charge in [0.25, 0.3) is 0 Å². The number of pyridine rings is 1. The summed E-state index contributed by atoms with van der Waals surface area (Å²) in [6.07, 6.45) is 1.77. The van der Waals surface area contributed by atoms with Crippen molar-refractivity contribution in [1.29, 1.82) is 0 Å². The van der Waals surface area contributed by atoms with E-state index in [0.717, 1.165) is 29.1 Å². The summed E-state index contributed by atoms with van der Waals surface area (Å²) in [5.74, 6) is 0.869. The molecule has 0 aliphatic rings. The first kappa shape index (κ1) is 10.3. The highest BCUT2D eigenvalue weighted by molar-refractivity contribution is 9.10. The highest BCUT2D eigenvalue weighted by atomic mass is 79.9. The lowest BCUT2D eigenvalue weighted by molar-refractivity contribution is 0.847. The molecule has 1 heterocycles. The standard InChI is InChI=1S/C9H14BrN3/c1-3-13(4-2)9-8(11)5-7(10)6-12-9/h5-6H,3-4,11H2,1-2H3. The molecule has 0 atom stereocenters. The molecule has 0 amide bonds. The third-order valence-electron chi connectivity index (χ3n) is 1.92. The van der Waals surface area contributed by atoms with E-state index in [2.05, 4.69) is 39.7 Å². The summed E-state index contributed by atoms with van der Waals surface area (Å²) < 4.78 is 0.918. The number of hydrogen-bond acceptors (Lipinski definition) is 3. The van der Waals surface area contributed by atoms with Crippen LogP contribution >= 0.6 is 15.9 Å². The first-order valence-corrected chi connectivity index (χ1v) is 5.14. The van der Waals surface area contributed by atoms with Crippen molar-refractivity contribution < 1.29 is 0 Å². The van der Waals surface area contributed by atoms with E-state index in [0.29, 0.717) is 0 Å². The number of nitrogens with two attached hydrogens (primary N) is 1. The van der Waals surface area contributed by atoms with Gasteiger partial charge in [-0.1, -0.05) is 0 Å². The van der Waals surface area contributed by atoms with Crippen LogP contribution in [0.25, 0.3) is 0 Å². The second-order valence-electron chi connectivity index (χ2n) is 2.74. The summed E-state index contributed by atoms with van der Waals surface area (Å²) in [7, 11) is 0. The Hall–Kier alpha value is -0.770. The summed E-state index contributed by atoms with van der Waals surface area (Å²) in [5.41, 5.74) is 6.56. The SMILES string of the molecule is CCN(CC)c1ncc(Br)cc1N. The van der Waals surface area contributed by atoms with E-state index in [4.69, 9.17) is 5.73 Å². The molecule has 72 valence electrons. The molecule has 0 saturated carbocycles. The molecule has 0 aliphatic carbocycles. The number of nitrogen functional groups attached to an aromatic ring is 1. The summed E-state index contributed by atoms with van der Waals surface area (Å²) in [6, 6.07) is 1.88. The molecule has 2 N–H and O–H groups in total. The Morgan fingerprint density at radius 1 is 1.46 bits per heavy atom. The monoisotopic (exact) mass is 243 g/mol. The lowest BCUT2D eigenvalue weighted by Crippen LogP contribution is -2.24. The fourth-order valence-electron chi connectivity index (χ4n) is 1.24. The van der Waals surface area contributed by atoms with Crippen LogP contribution < -0.4 is 10.6 Å². The Morgan fingerprint density at radius 3 is 2.54 bits per heavy atom. The van der Waals surface area contributed by atoms with Crippen LogP contribution in [0, 0.1) is 0 Å². The molecule has 4 heteroatoms. The first-order chi connectivity index (χ1) is 6.19. The average molecular weight is 244 g/mol. The summed E-state index contributed by atoms with van der Waals surface area (Å²) in [5, 5.41) is 0. The predicted octanol–water partition coefficient (Wildman–Crippen LogP) is 2.27. The summed E-state index contributed by atoms with van der Waals surface area (Å²) in [4.78, 5) is 6.40. The molecular weight excluding hydrogens is 230 g/mol. The van der Waals surface area contributed by atoms with E-state index in [-0.39, 0.29) is 0 Å². The number of nitrogens with zero attached hydrogens (tertiary/aromatic N) is 2. The van der Waals surface area contributed by atoms with Crippen LogP contribution in [-0.4, -0.2) is 18.1 Å². The van der Waals surface area contributed by atoms with Gasteiger partial charge in [-0.25, -0.2) is 4.98 Å². The molecule has 1 aromatic heterocycles. The fraction of sp³-hybridized carbons (Fsp3) is 0.444. The third-order valence-corrected chi connectivity index (χ3v) is 2.36. The minimum absolute atomic E-state index is 0.720. The second-order valence-corrected chi connectivity index (χ2v) is 3.65. The molecule has 0 fully saturated rings. The van der Waals surface area contributed by atoms with Gasteiger partial charge in [-0.3, -0.25) is 0 Å². The topological polar surface area (TPSA) is 42.2 Å². The second kappa shape index (κ2) is 4.46. The van der Waals surface area contributed by atoms with Crippen molar-refractivity contribution in [2.24, 2.45) is 0 Å². The van der Waals surface area contributed by atoms with Crippen LogP contribution in [0.3, 0.4) is 0 Å². The lowest BCUT2D eigenvalue weighted by atomic mass is 10.3. The van der Waals surface area contributed by atoms with Gasteiger partial charge in [-0.15, -0.1) is 0 Å². The van der Waals surface area contributed by atoms with Crippen molar-refractivity contribution in [2.45, 2.75) is 13.8 Å². The minimum Gasteiger partial charge on any atom is -0.396 e. The van der Waals surface area contributed by atoms with Crippen LogP contribution in [0.15, 0.2) is 16.7 Å². The van der Waals surface area contributed by atoms with E-state index in [1.165, 1.54) is 0 Å². The number of anilines is 2. The molecule has 0 spiro atoms. The number of aromatic nitrogens is 1. The molecule has 3 nitrogen and oxygen atoms in total. The van der Waals surface area contributed by atoms with Crippen LogP contribution in [-0.2, 0) is 0 Å². The van der Waals surface area contributed by atoms with E-state index >= 15 is 0 Å². The molecule has 1 aromatic rings. The lowest BCUT2D eigenvalue weighted by Gasteiger charge is -2.21. The van der Waals surface area contributed by atoms with E-state index in [1.54, 1.807) is 6.20 Å². The highest BCUT2D eigenvalue weighted by Gasteiger charge is 2.07. The van der Waals surface area contributed by atoms with Crippen LogP contribution in [0.1, 0.15) is 13.8 Å². The van der Waals surface area contributed by atoms with Gasteiger partial charge in [0.2, 0.25) is 0 Å². The quantitative estimate of drug-likeness (QED) is 0.886. The van der Waals surface area contributed by atoms with Crippen molar-refractivity contribution in [2.75, 3.05) is 23.7 Å². The Labute approximate surface area is 87.1 Å². The van der Waals surface area contributed by atoms with Crippen molar-refractivity contribution in [3.8, 4) is 0 Å². The summed E-state index contributed by atoms with van der Waals surface area (Å²) >= 11 is 3.33. The molecule has 0 bridgehead atoms. The first-order valence-electron chi connectivity index (χ1n) is 4.35. The maximum Gasteiger partial charge on any atom is 0.151 e. The van der Waals surface area contributed by atoms with Gasteiger partial charge in [0, 0.05) is 23.8 Å². The van der Waals surface area contributed by atoms with Gasteiger partial charge >= 0.3 is 0 Å². The maximum absolute atomic E-state index is 5.84. The molecule has 0 saturated heterocycles. The van der Waals surface area contributed by atoms with Gasteiger partial charge in [0.15, 0.2) is 5.82 Å². The zero-order chi connectivity index (χ0) is 9.84. The zero-order valence-electron chi connectivity index (χ0n) is 7.92. The predicted molar refractivity (Wildman–Crippen MR) is 59.9 cm³/mol. The van der Waals surface area contributed by atoms with E-state index in [1.807, 2.05) is 6.07 Å². The fourth-order valence-corrected chi connectivity index (χ4v) is 1.58. The van der Waals surface area contributed by atoms with E-state index in [9.17, 15) is 0 Å². The normalized spacial score (nSPS) is 10.1. The van der Waals surface area contributed by atoms with Gasteiger partial charge in [0.1, 0.15) is 0 Å². The van der Waals surface area contributed by atoms with E-state index < -0.39 is 0 Å².